The number of carbonyl (C=O) groups excluding carboxylic acids is 1. The van der Waals surface area contributed by atoms with Crippen LogP contribution in [0.5, 0.6) is 11.5 Å². The van der Waals surface area contributed by atoms with Gasteiger partial charge in [-0.15, -0.1) is 0 Å². The van der Waals surface area contributed by atoms with Gasteiger partial charge in [0.05, 0.1) is 14.2 Å². The summed E-state index contributed by atoms with van der Waals surface area (Å²) in [7, 11) is 3.19. The predicted octanol–water partition coefficient (Wildman–Crippen LogP) is 4.41. The molecule has 5 nitrogen and oxygen atoms in total. The monoisotopic (exact) mass is 405 g/mol. The van der Waals surface area contributed by atoms with E-state index in [4.69, 9.17) is 14.2 Å². The number of amides is 1. The Morgan fingerprint density at radius 1 is 1.12 bits per heavy atom. The van der Waals surface area contributed by atoms with Crippen LogP contribution in [0.4, 0.5) is 4.79 Å². The molecule has 0 unspecified atom stereocenters. The van der Waals surface area contributed by atoms with Crippen molar-refractivity contribution in [2.45, 2.75) is 6.61 Å². The van der Waals surface area contributed by atoms with Crippen LogP contribution in [0.2, 0.25) is 0 Å². The Kier molecular flexibility index (Phi) is 7.35. The summed E-state index contributed by atoms with van der Waals surface area (Å²) >= 11 is 3.43. The third-order valence-corrected chi connectivity index (χ3v) is 4.14. The molecule has 0 fully saturated rings. The number of carbonyl (C=O) groups is 1. The largest absolute Gasteiger partial charge is 0.495 e. The molecule has 0 heterocycles. The maximum atomic E-state index is 11.7. The lowest BCUT2D eigenvalue weighted by molar-refractivity contribution is 0.141. The number of benzene rings is 2. The van der Waals surface area contributed by atoms with Crippen LogP contribution in [0.15, 0.2) is 53.0 Å². The van der Waals surface area contributed by atoms with E-state index >= 15 is 0 Å². The fraction of sp³-hybridized carbons (Fsp3) is 0.211. The molecule has 0 aliphatic rings. The van der Waals surface area contributed by atoms with Crippen LogP contribution in [-0.2, 0) is 11.3 Å². The van der Waals surface area contributed by atoms with E-state index in [-0.39, 0.29) is 6.61 Å². The molecule has 0 atom stereocenters. The van der Waals surface area contributed by atoms with Gasteiger partial charge in [-0.3, -0.25) is 0 Å². The summed E-state index contributed by atoms with van der Waals surface area (Å²) in [6, 6.07) is 13.3. The zero-order valence-corrected chi connectivity index (χ0v) is 15.7. The van der Waals surface area contributed by atoms with Gasteiger partial charge in [-0.05, 0) is 39.2 Å². The van der Waals surface area contributed by atoms with Gasteiger partial charge in [0.25, 0.3) is 0 Å². The average Bonchev–Trinajstić information content (AvgIpc) is 2.65. The van der Waals surface area contributed by atoms with Crippen molar-refractivity contribution in [3.05, 3.63) is 64.1 Å². The fourth-order valence-corrected chi connectivity index (χ4v) is 2.65. The SMILES string of the molecule is COc1cc(C=CCNC(=O)OCc2ccccc2)cc(OC)c1Br. The van der Waals surface area contributed by atoms with Crippen molar-refractivity contribution in [3.8, 4) is 11.5 Å². The zero-order chi connectivity index (χ0) is 18.1. The van der Waals surface area contributed by atoms with Gasteiger partial charge in [-0.1, -0.05) is 42.5 Å². The molecule has 25 heavy (non-hydrogen) atoms. The second-order valence-corrected chi connectivity index (χ2v) is 5.88. The normalized spacial score (nSPS) is 10.5. The Balaban J connectivity index is 1.83. The maximum absolute atomic E-state index is 11.7. The van der Waals surface area contributed by atoms with Crippen molar-refractivity contribution in [3.63, 3.8) is 0 Å². The van der Waals surface area contributed by atoms with Crippen LogP contribution < -0.4 is 14.8 Å². The number of hydrogen-bond acceptors (Lipinski definition) is 4. The zero-order valence-electron chi connectivity index (χ0n) is 14.1. The van der Waals surface area contributed by atoms with E-state index in [1.807, 2.05) is 54.6 Å². The molecule has 6 heteroatoms. The summed E-state index contributed by atoms with van der Waals surface area (Å²) in [6.07, 6.45) is 3.24. The maximum Gasteiger partial charge on any atom is 0.407 e. The van der Waals surface area contributed by atoms with Crippen LogP contribution in [-0.4, -0.2) is 26.9 Å². The standard InChI is InChI=1S/C19H20BrNO4/c1-23-16-11-15(12-17(24-2)18(16)20)9-6-10-21-19(22)25-13-14-7-4-3-5-8-14/h3-9,11-12H,10,13H2,1-2H3,(H,21,22). The first-order valence-corrected chi connectivity index (χ1v) is 8.46. The second-order valence-electron chi connectivity index (χ2n) is 5.08. The van der Waals surface area contributed by atoms with Gasteiger partial charge < -0.3 is 19.5 Å². The molecule has 1 amide bonds. The van der Waals surface area contributed by atoms with Gasteiger partial charge >= 0.3 is 6.09 Å². The highest BCUT2D eigenvalue weighted by Gasteiger charge is 2.08. The third-order valence-electron chi connectivity index (χ3n) is 3.36. The van der Waals surface area contributed by atoms with E-state index in [1.165, 1.54) is 0 Å². The Morgan fingerprint density at radius 3 is 2.36 bits per heavy atom. The molecule has 2 aromatic carbocycles. The molecule has 0 saturated carbocycles. The minimum absolute atomic E-state index is 0.248. The quantitative estimate of drug-likeness (QED) is 0.741. The molecule has 0 radical (unpaired) electrons. The number of methoxy groups -OCH3 is 2. The minimum Gasteiger partial charge on any atom is -0.495 e. The molecule has 2 aromatic rings. The Morgan fingerprint density at radius 2 is 1.76 bits per heavy atom. The van der Waals surface area contributed by atoms with E-state index in [1.54, 1.807) is 14.2 Å². The number of halogens is 1. The van der Waals surface area contributed by atoms with Crippen LogP contribution in [0.25, 0.3) is 6.08 Å². The van der Waals surface area contributed by atoms with E-state index < -0.39 is 6.09 Å². The van der Waals surface area contributed by atoms with E-state index in [2.05, 4.69) is 21.2 Å². The predicted molar refractivity (Wildman–Crippen MR) is 101 cm³/mol. The van der Waals surface area contributed by atoms with Crippen LogP contribution in [0.3, 0.4) is 0 Å². The molecular formula is C19H20BrNO4. The fourth-order valence-electron chi connectivity index (χ4n) is 2.10. The lowest BCUT2D eigenvalue weighted by atomic mass is 10.2. The second kappa shape index (κ2) is 9.74. The van der Waals surface area contributed by atoms with Gasteiger partial charge in [0.1, 0.15) is 22.6 Å². The summed E-state index contributed by atoms with van der Waals surface area (Å²) in [5.74, 6) is 1.35. The van der Waals surface area contributed by atoms with Gasteiger partial charge in [-0.2, -0.15) is 0 Å². The van der Waals surface area contributed by atoms with Crippen molar-refractivity contribution in [2.75, 3.05) is 20.8 Å². The highest BCUT2D eigenvalue weighted by molar-refractivity contribution is 9.10. The highest BCUT2D eigenvalue weighted by atomic mass is 79.9. The van der Waals surface area contributed by atoms with Gasteiger partial charge in [0.15, 0.2) is 0 Å². The summed E-state index contributed by atoms with van der Waals surface area (Å²) < 4.78 is 16.5. The average molecular weight is 406 g/mol. The first-order chi connectivity index (χ1) is 12.1. The number of ether oxygens (including phenoxy) is 3. The van der Waals surface area contributed by atoms with E-state index in [9.17, 15) is 4.79 Å². The van der Waals surface area contributed by atoms with Crippen LogP contribution in [0.1, 0.15) is 11.1 Å². The molecule has 0 aromatic heterocycles. The lowest BCUT2D eigenvalue weighted by Gasteiger charge is -2.09. The first kappa shape index (κ1) is 18.9. The van der Waals surface area contributed by atoms with Crippen molar-refractivity contribution >= 4 is 28.1 Å². The van der Waals surface area contributed by atoms with Crippen LogP contribution in [0, 0.1) is 0 Å². The summed E-state index contributed by atoms with van der Waals surface area (Å²) in [4.78, 5) is 11.7. The Labute approximate surface area is 155 Å². The Hall–Kier alpha value is -2.47. The summed E-state index contributed by atoms with van der Waals surface area (Å²) in [5.41, 5.74) is 1.85. The molecule has 2 rings (SSSR count). The Bertz CT molecular complexity index is 706. The van der Waals surface area contributed by atoms with Gasteiger partial charge in [-0.25, -0.2) is 4.79 Å². The molecular weight excluding hydrogens is 386 g/mol. The highest BCUT2D eigenvalue weighted by Crippen LogP contribution is 2.35. The first-order valence-electron chi connectivity index (χ1n) is 7.66. The van der Waals surface area contributed by atoms with E-state index in [0.29, 0.717) is 18.0 Å². The topological polar surface area (TPSA) is 56.8 Å². The molecule has 0 bridgehead atoms. The lowest BCUT2D eigenvalue weighted by Crippen LogP contribution is -2.24. The number of alkyl carbamates (subject to hydrolysis) is 1. The van der Waals surface area contributed by atoms with Crippen LogP contribution >= 0.6 is 15.9 Å². The summed E-state index contributed by atoms with van der Waals surface area (Å²) in [5, 5.41) is 2.67. The molecule has 0 aliphatic heterocycles. The molecule has 0 aliphatic carbocycles. The molecule has 1 N–H and O–H groups in total. The molecule has 0 saturated heterocycles. The third kappa shape index (κ3) is 5.83. The van der Waals surface area contributed by atoms with Gasteiger partial charge in [0.2, 0.25) is 0 Å². The number of rotatable bonds is 7. The number of nitrogens with one attached hydrogen (secondary N) is 1. The molecule has 132 valence electrons. The molecule has 0 spiro atoms. The van der Waals surface area contributed by atoms with Crippen molar-refractivity contribution in [1.82, 2.24) is 5.32 Å². The van der Waals surface area contributed by atoms with Crippen molar-refractivity contribution in [1.29, 1.82) is 0 Å². The van der Waals surface area contributed by atoms with E-state index in [0.717, 1.165) is 15.6 Å². The minimum atomic E-state index is -0.459. The summed E-state index contributed by atoms with van der Waals surface area (Å²) in [6.45, 7) is 0.603. The van der Waals surface area contributed by atoms with Crippen molar-refractivity contribution in [2.24, 2.45) is 0 Å². The number of hydrogen-bond donors (Lipinski definition) is 1. The smallest absolute Gasteiger partial charge is 0.407 e. The van der Waals surface area contributed by atoms with Gasteiger partial charge in [0, 0.05) is 6.54 Å². The van der Waals surface area contributed by atoms with Crippen molar-refractivity contribution < 1.29 is 19.0 Å².